The highest BCUT2D eigenvalue weighted by molar-refractivity contribution is 6.01. The molecule has 4 rings (SSSR count). The minimum absolute atomic E-state index is 0.0152. The van der Waals surface area contributed by atoms with Crippen molar-refractivity contribution in [1.82, 2.24) is 20.2 Å². The Morgan fingerprint density at radius 1 is 1.05 bits per heavy atom. The van der Waals surface area contributed by atoms with E-state index in [9.17, 15) is 9.59 Å². The van der Waals surface area contributed by atoms with E-state index in [4.69, 9.17) is 21.1 Å². The smallest absolute Gasteiger partial charge is 0.320 e. The maximum absolute atomic E-state index is 12.8. The average Bonchev–Trinajstić information content (AvgIpc) is 3.30. The number of carbonyl (C=O) groups is 2. The van der Waals surface area contributed by atoms with E-state index in [1.54, 1.807) is 4.90 Å². The Morgan fingerprint density at radius 3 is 2.50 bits per heavy atom. The number of fused-ring (bicyclic) bond motifs is 1. The molecule has 0 aliphatic carbocycles. The molecule has 0 spiro atoms. The van der Waals surface area contributed by atoms with Crippen molar-refractivity contribution in [2.24, 2.45) is 11.8 Å². The molecule has 0 radical (unpaired) electrons. The normalized spacial score (nSPS) is 15.7. The van der Waals surface area contributed by atoms with Crippen LogP contribution < -0.4 is 26.6 Å². The standard InChI is InChI=1S/C30H45N7O5/c1-2-3-15-41-30-34-28(31)25-19-27(39)37(29(25)35-30)21-24-6-4-23(5-7-24)20-36-13-9-22(10-14-36)8-12-33-26(38)11-16-40-17-18-42-32/h4-7,22H,2-3,8-21,32H2,1H3,(H,33,38)(H2,31,34,35). The lowest BCUT2D eigenvalue weighted by molar-refractivity contribution is -0.122. The maximum atomic E-state index is 12.8. The van der Waals surface area contributed by atoms with Gasteiger partial charge in [-0.05, 0) is 55.8 Å². The summed E-state index contributed by atoms with van der Waals surface area (Å²) in [4.78, 5) is 42.1. The first-order valence-corrected chi connectivity index (χ1v) is 15.0. The fraction of sp³-hybridized carbons (Fsp3) is 0.600. The lowest BCUT2D eigenvalue weighted by atomic mass is 9.93. The quantitative estimate of drug-likeness (QED) is 0.186. The van der Waals surface area contributed by atoms with Crippen LogP contribution in [0.15, 0.2) is 24.3 Å². The van der Waals surface area contributed by atoms with Crippen molar-refractivity contribution in [3.05, 3.63) is 41.0 Å². The number of benzene rings is 1. The molecule has 2 aromatic rings. The summed E-state index contributed by atoms with van der Waals surface area (Å²) in [7, 11) is 0. The second kappa shape index (κ2) is 16.4. The van der Waals surface area contributed by atoms with Gasteiger partial charge in [0.15, 0.2) is 0 Å². The van der Waals surface area contributed by atoms with Crippen molar-refractivity contribution in [3.8, 4) is 6.01 Å². The van der Waals surface area contributed by atoms with Crippen LogP contribution in [0.5, 0.6) is 6.01 Å². The summed E-state index contributed by atoms with van der Waals surface area (Å²) in [5.41, 5.74) is 9.08. The Morgan fingerprint density at radius 2 is 1.79 bits per heavy atom. The van der Waals surface area contributed by atoms with Gasteiger partial charge in [0, 0.05) is 25.1 Å². The van der Waals surface area contributed by atoms with E-state index in [1.165, 1.54) is 5.56 Å². The molecular formula is C30H45N7O5. The molecule has 2 aliphatic heterocycles. The Labute approximate surface area is 248 Å². The third-order valence-corrected chi connectivity index (χ3v) is 7.78. The fourth-order valence-electron chi connectivity index (χ4n) is 5.26. The maximum Gasteiger partial charge on any atom is 0.320 e. The van der Waals surface area contributed by atoms with Crippen LogP contribution >= 0.6 is 0 Å². The van der Waals surface area contributed by atoms with Crippen molar-refractivity contribution >= 4 is 23.5 Å². The van der Waals surface area contributed by atoms with Gasteiger partial charge in [0.2, 0.25) is 11.8 Å². The Bertz CT molecular complexity index is 1160. The SMILES string of the molecule is CCCCOc1nc(N)c2c(n1)N(Cc1ccc(CN3CCC(CCNC(=O)CCOCCON)CC3)cc1)C(=O)C2. The first-order valence-electron chi connectivity index (χ1n) is 15.0. The molecule has 0 saturated carbocycles. The molecule has 0 bridgehead atoms. The van der Waals surface area contributed by atoms with Crippen LogP contribution in [0.3, 0.4) is 0 Å². The number of nitrogen functional groups attached to an aromatic ring is 1. The number of nitrogens with two attached hydrogens (primary N) is 2. The number of hydrogen-bond donors (Lipinski definition) is 3. The van der Waals surface area contributed by atoms with E-state index < -0.39 is 0 Å². The number of carbonyl (C=O) groups excluding carboxylic acids is 2. The van der Waals surface area contributed by atoms with Crippen molar-refractivity contribution in [1.29, 1.82) is 0 Å². The number of unbranched alkanes of at least 4 members (excludes halogenated alkanes) is 1. The summed E-state index contributed by atoms with van der Waals surface area (Å²) in [6.45, 7) is 7.80. The van der Waals surface area contributed by atoms with Crippen molar-refractivity contribution in [3.63, 3.8) is 0 Å². The summed E-state index contributed by atoms with van der Waals surface area (Å²) in [5.74, 6) is 6.40. The highest BCUT2D eigenvalue weighted by Gasteiger charge is 2.32. The minimum atomic E-state index is -0.0360. The van der Waals surface area contributed by atoms with E-state index >= 15 is 0 Å². The van der Waals surface area contributed by atoms with Gasteiger partial charge in [-0.25, -0.2) is 5.90 Å². The minimum Gasteiger partial charge on any atom is -0.463 e. The number of likely N-dealkylation sites (tertiary alicyclic amines) is 1. The molecule has 5 N–H and O–H groups in total. The van der Waals surface area contributed by atoms with Crippen molar-refractivity contribution in [2.75, 3.05) is 56.7 Å². The largest absolute Gasteiger partial charge is 0.463 e. The first kappa shape index (κ1) is 31.6. The van der Waals surface area contributed by atoms with E-state index in [-0.39, 0.29) is 24.2 Å². The van der Waals surface area contributed by atoms with Gasteiger partial charge in [-0.15, -0.1) is 0 Å². The third-order valence-electron chi connectivity index (χ3n) is 7.78. The zero-order valence-corrected chi connectivity index (χ0v) is 24.7. The average molecular weight is 584 g/mol. The van der Waals surface area contributed by atoms with Gasteiger partial charge in [0.25, 0.3) is 0 Å². The molecule has 0 atom stereocenters. The predicted molar refractivity (Wildman–Crippen MR) is 159 cm³/mol. The van der Waals surface area contributed by atoms with Crippen LogP contribution in [0.1, 0.15) is 62.1 Å². The fourth-order valence-corrected chi connectivity index (χ4v) is 5.26. The molecule has 1 aromatic heterocycles. The zero-order chi connectivity index (χ0) is 29.7. The Kier molecular flexibility index (Phi) is 12.3. The summed E-state index contributed by atoms with van der Waals surface area (Å²) < 4.78 is 10.9. The monoisotopic (exact) mass is 583 g/mol. The summed E-state index contributed by atoms with van der Waals surface area (Å²) in [5, 5.41) is 2.99. The van der Waals surface area contributed by atoms with Gasteiger partial charge in [0.05, 0.1) is 39.4 Å². The molecule has 2 amide bonds. The van der Waals surface area contributed by atoms with Crippen LogP contribution in [0.4, 0.5) is 11.6 Å². The summed E-state index contributed by atoms with van der Waals surface area (Å²) in [6.07, 6.45) is 5.71. The van der Waals surface area contributed by atoms with Crippen molar-refractivity contribution < 1.29 is 23.9 Å². The second-order valence-corrected chi connectivity index (χ2v) is 11.0. The highest BCUT2D eigenvalue weighted by Crippen LogP contribution is 2.33. The Balaban J connectivity index is 1.18. The van der Waals surface area contributed by atoms with Gasteiger partial charge in [0.1, 0.15) is 11.6 Å². The topological polar surface area (TPSA) is 158 Å². The number of anilines is 2. The first-order chi connectivity index (χ1) is 20.5. The zero-order valence-electron chi connectivity index (χ0n) is 24.7. The number of hydrogen-bond acceptors (Lipinski definition) is 10. The molecule has 0 unspecified atom stereocenters. The van der Waals surface area contributed by atoms with E-state index in [0.717, 1.165) is 57.3 Å². The number of nitrogens with zero attached hydrogens (tertiary/aromatic N) is 4. The molecule has 42 heavy (non-hydrogen) atoms. The van der Waals surface area contributed by atoms with E-state index in [2.05, 4.69) is 56.2 Å². The molecule has 12 heteroatoms. The van der Waals surface area contributed by atoms with Crippen molar-refractivity contribution in [2.45, 2.75) is 65.0 Å². The third kappa shape index (κ3) is 9.35. The van der Waals surface area contributed by atoms with Gasteiger partial charge in [-0.3, -0.25) is 19.4 Å². The van der Waals surface area contributed by atoms with E-state index in [1.807, 2.05) is 0 Å². The predicted octanol–water partition coefficient (Wildman–Crippen LogP) is 2.34. The molecule has 1 aromatic carbocycles. The number of amides is 2. The second-order valence-electron chi connectivity index (χ2n) is 11.0. The van der Waals surface area contributed by atoms with Crippen LogP contribution in [0, 0.1) is 5.92 Å². The molecule has 1 fully saturated rings. The van der Waals surface area contributed by atoms with Gasteiger partial charge in [-0.1, -0.05) is 37.6 Å². The molecular weight excluding hydrogens is 538 g/mol. The van der Waals surface area contributed by atoms with Crippen LogP contribution in [0.25, 0.3) is 0 Å². The molecule has 12 nitrogen and oxygen atoms in total. The number of ether oxygens (including phenoxy) is 2. The molecule has 2 aliphatic rings. The Hall–Kier alpha value is -3.32. The van der Waals surface area contributed by atoms with Crippen LogP contribution in [0.2, 0.25) is 0 Å². The number of rotatable bonds is 17. The van der Waals surface area contributed by atoms with Gasteiger partial charge in [-0.2, -0.15) is 9.97 Å². The molecule has 3 heterocycles. The number of aromatic nitrogens is 2. The van der Waals surface area contributed by atoms with Crippen LogP contribution in [-0.4, -0.2) is 72.7 Å². The molecule has 230 valence electrons. The van der Waals surface area contributed by atoms with Gasteiger partial charge >= 0.3 is 6.01 Å². The van der Waals surface area contributed by atoms with E-state index in [0.29, 0.717) is 69.1 Å². The lowest BCUT2D eigenvalue weighted by Crippen LogP contribution is -2.35. The molecule has 1 saturated heterocycles. The summed E-state index contributed by atoms with van der Waals surface area (Å²) in [6, 6.07) is 8.66. The lowest BCUT2D eigenvalue weighted by Gasteiger charge is -2.32. The van der Waals surface area contributed by atoms with Crippen LogP contribution in [-0.2, 0) is 38.7 Å². The highest BCUT2D eigenvalue weighted by atomic mass is 16.6. The number of nitrogens with one attached hydrogen (secondary N) is 1. The number of piperidine rings is 1. The summed E-state index contributed by atoms with van der Waals surface area (Å²) >= 11 is 0. The van der Waals surface area contributed by atoms with Gasteiger partial charge < -0.3 is 25.4 Å².